The lowest BCUT2D eigenvalue weighted by atomic mass is 9.75. The number of benzene rings is 1. The summed E-state index contributed by atoms with van der Waals surface area (Å²) in [6.07, 6.45) is 1.91. The van der Waals surface area contributed by atoms with E-state index in [0.717, 1.165) is 71.9 Å². The van der Waals surface area contributed by atoms with Crippen LogP contribution in [0, 0.1) is 19.3 Å². The summed E-state index contributed by atoms with van der Waals surface area (Å²) >= 11 is 2.30. The van der Waals surface area contributed by atoms with Gasteiger partial charge in [-0.1, -0.05) is 12.1 Å². The summed E-state index contributed by atoms with van der Waals surface area (Å²) in [6.45, 7) is 6.21. The van der Waals surface area contributed by atoms with Crippen molar-refractivity contribution in [3.05, 3.63) is 35.3 Å². The molecule has 9 heteroatoms. The number of nitrogens with one attached hydrogen (secondary N) is 1. The third kappa shape index (κ3) is 3.51. The molecule has 164 valence electrons. The van der Waals surface area contributed by atoms with Crippen molar-refractivity contribution in [3.63, 3.8) is 0 Å². The normalized spacial score (nSPS) is 23.2. The first-order chi connectivity index (χ1) is 14.9. The van der Waals surface area contributed by atoms with Gasteiger partial charge >= 0.3 is 0 Å². The highest BCUT2D eigenvalue weighted by molar-refractivity contribution is 14.1. The molecular formula is C22H27IN6O2. The fourth-order valence-electron chi connectivity index (χ4n) is 4.83. The summed E-state index contributed by atoms with van der Waals surface area (Å²) in [5.41, 5.74) is 11.6. The molecule has 0 bridgehead atoms. The molecule has 2 atom stereocenters. The molecule has 0 unspecified atom stereocenters. The summed E-state index contributed by atoms with van der Waals surface area (Å²) < 4.78 is 5.91. The smallest absolute Gasteiger partial charge is 0.153 e. The molecule has 4 N–H and O–H groups in total. The molecule has 2 aromatic heterocycles. The van der Waals surface area contributed by atoms with Crippen LogP contribution >= 0.6 is 22.6 Å². The van der Waals surface area contributed by atoms with Crippen LogP contribution in [-0.4, -0.2) is 55.1 Å². The Hall–Kier alpha value is -1.82. The number of hydrogen-bond acceptors (Lipinski definition) is 7. The van der Waals surface area contributed by atoms with Crippen molar-refractivity contribution < 1.29 is 9.84 Å². The molecule has 4 heterocycles. The van der Waals surface area contributed by atoms with E-state index in [-0.39, 0.29) is 22.2 Å². The largest absolute Gasteiger partial charge is 0.390 e. The van der Waals surface area contributed by atoms with Gasteiger partial charge in [0.15, 0.2) is 5.82 Å². The van der Waals surface area contributed by atoms with Crippen LogP contribution in [0.4, 0.5) is 5.82 Å². The minimum Gasteiger partial charge on any atom is -0.390 e. The topological polar surface area (TPSA) is 113 Å². The minimum absolute atomic E-state index is 0.0429. The highest BCUT2D eigenvalue weighted by Gasteiger charge is 2.48. The van der Waals surface area contributed by atoms with Crippen molar-refractivity contribution in [3.8, 4) is 11.3 Å². The van der Waals surface area contributed by atoms with Crippen LogP contribution in [0.15, 0.2) is 18.2 Å². The monoisotopic (exact) mass is 534 g/mol. The van der Waals surface area contributed by atoms with Crippen molar-refractivity contribution in [2.24, 2.45) is 11.1 Å². The number of aromatic amines is 1. The number of nitrogens with zero attached hydrogens (tertiary/aromatic N) is 4. The number of hydrogen-bond donors (Lipinski definition) is 3. The van der Waals surface area contributed by atoms with E-state index in [9.17, 15) is 5.11 Å². The maximum Gasteiger partial charge on any atom is 0.153 e. The van der Waals surface area contributed by atoms with Crippen LogP contribution in [0.3, 0.4) is 0 Å². The molecule has 1 spiro atoms. The number of ether oxygens (including phenoxy) is 1. The summed E-state index contributed by atoms with van der Waals surface area (Å²) in [5, 5.41) is 18.6. The SMILES string of the molecule is Cc1nc(N2CCC3(CC2)CO[C@@H](I)[C@H]3N)c(CO)nc1-c1ccc2c(C)[nH]nc2c1. The van der Waals surface area contributed by atoms with Crippen LogP contribution in [0.2, 0.25) is 0 Å². The molecule has 0 amide bonds. The van der Waals surface area contributed by atoms with Gasteiger partial charge in [-0.15, -0.1) is 0 Å². The van der Waals surface area contributed by atoms with Gasteiger partial charge in [0.2, 0.25) is 0 Å². The van der Waals surface area contributed by atoms with Gasteiger partial charge in [0.25, 0.3) is 0 Å². The lowest BCUT2D eigenvalue weighted by Crippen LogP contribution is -2.50. The molecule has 2 aliphatic heterocycles. The van der Waals surface area contributed by atoms with Crippen molar-refractivity contribution in [1.82, 2.24) is 20.2 Å². The molecule has 2 aliphatic rings. The predicted molar refractivity (Wildman–Crippen MR) is 128 cm³/mol. The summed E-state index contributed by atoms with van der Waals surface area (Å²) in [4.78, 5) is 11.9. The third-order valence-corrected chi connectivity index (χ3v) is 8.00. The first-order valence-corrected chi connectivity index (χ1v) is 11.9. The number of aliphatic hydroxyl groups is 1. The van der Waals surface area contributed by atoms with Crippen LogP contribution in [0.5, 0.6) is 0 Å². The fourth-order valence-corrected chi connectivity index (χ4v) is 5.78. The molecule has 0 radical (unpaired) electrons. The Bertz CT molecular complexity index is 1120. The number of rotatable bonds is 3. The Balaban J connectivity index is 1.44. The average Bonchev–Trinajstić information content (AvgIpc) is 3.29. The van der Waals surface area contributed by atoms with E-state index >= 15 is 0 Å². The Morgan fingerprint density at radius 1 is 1.29 bits per heavy atom. The number of H-pyrrole nitrogens is 1. The lowest BCUT2D eigenvalue weighted by molar-refractivity contribution is 0.127. The summed E-state index contributed by atoms with van der Waals surface area (Å²) in [6, 6.07) is 6.16. The van der Waals surface area contributed by atoms with Crippen LogP contribution in [0.25, 0.3) is 22.2 Å². The quantitative estimate of drug-likeness (QED) is 0.350. The Kier molecular flexibility index (Phi) is 5.40. The number of aryl methyl sites for hydroxylation is 2. The maximum absolute atomic E-state index is 10.1. The van der Waals surface area contributed by atoms with E-state index in [1.807, 2.05) is 26.0 Å². The predicted octanol–water partition coefficient (Wildman–Crippen LogP) is 2.83. The van der Waals surface area contributed by atoms with E-state index < -0.39 is 0 Å². The Labute approximate surface area is 194 Å². The second-order valence-corrected chi connectivity index (χ2v) is 9.93. The van der Waals surface area contributed by atoms with Crippen LogP contribution < -0.4 is 10.6 Å². The van der Waals surface area contributed by atoms with E-state index in [2.05, 4.69) is 43.8 Å². The van der Waals surface area contributed by atoms with Crippen molar-refractivity contribution in [1.29, 1.82) is 0 Å². The van der Waals surface area contributed by atoms with Crippen molar-refractivity contribution >= 4 is 39.3 Å². The number of halogens is 1. The number of aromatic nitrogens is 4. The van der Waals surface area contributed by atoms with Gasteiger partial charge in [-0.2, -0.15) is 5.10 Å². The van der Waals surface area contributed by atoms with E-state index in [1.165, 1.54) is 0 Å². The second kappa shape index (κ2) is 7.95. The Morgan fingerprint density at radius 3 is 2.74 bits per heavy atom. The zero-order chi connectivity index (χ0) is 21.8. The molecule has 2 saturated heterocycles. The highest BCUT2D eigenvalue weighted by atomic mass is 127. The van der Waals surface area contributed by atoms with Crippen molar-refractivity contribution in [2.45, 2.75) is 43.4 Å². The van der Waals surface area contributed by atoms with Gasteiger partial charge in [0.1, 0.15) is 9.80 Å². The standard InChI is InChI=1S/C22H27IN6O2/c1-12-15-4-3-14(9-16(15)28-27-12)18-13(2)25-21(17(10-30)26-18)29-7-5-22(6-8-29)11-31-20(23)19(22)24/h3-4,9,19-20,30H,5-8,10-11,24H2,1-2H3,(H,27,28)/t19-,20-/m1/s1. The highest BCUT2D eigenvalue weighted by Crippen LogP contribution is 2.43. The number of fused-ring (bicyclic) bond motifs is 1. The Morgan fingerprint density at radius 2 is 2.06 bits per heavy atom. The third-order valence-electron chi connectivity index (χ3n) is 6.87. The summed E-state index contributed by atoms with van der Waals surface area (Å²) in [5.74, 6) is 0.772. The fraction of sp³-hybridized carbons (Fsp3) is 0.500. The minimum atomic E-state index is -0.153. The molecule has 1 aromatic carbocycles. The van der Waals surface area contributed by atoms with Crippen LogP contribution in [0.1, 0.15) is 29.9 Å². The molecule has 8 nitrogen and oxygen atoms in total. The number of anilines is 1. The van der Waals surface area contributed by atoms with Gasteiger partial charge in [0, 0.05) is 41.2 Å². The molecule has 31 heavy (non-hydrogen) atoms. The molecule has 0 saturated carbocycles. The molecule has 0 aliphatic carbocycles. The molecular weight excluding hydrogens is 507 g/mol. The van der Waals surface area contributed by atoms with Gasteiger partial charge in [-0.25, -0.2) is 9.97 Å². The molecule has 3 aromatic rings. The number of piperidine rings is 1. The van der Waals surface area contributed by atoms with E-state index in [0.29, 0.717) is 5.69 Å². The zero-order valence-corrected chi connectivity index (χ0v) is 19.9. The van der Waals surface area contributed by atoms with Gasteiger partial charge < -0.3 is 20.5 Å². The van der Waals surface area contributed by atoms with Gasteiger partial charge in [0.05, 0.1) is 30.1 Å². The first-order valence-electron chi connectivity index (χ1n) is 10.6. The van der Waals surface area contributed by atoms with Crippen LogP contribution in [-0.2, 0) is 11.3 Å². The first kappa shape index (κ1) is 21.0. The number of nitrogens with two attached hydrogens (primary N) is 1. The van der Waals surface area contributed by atoms with Gasteiger partial charge in [-0.05, 0) is 55.3 Å². The van der Waals surface area contributed by atoms with E-state index in [4.69, 9.17) is 20.4 Å². The maximum atomic E-state index is 10.1. The number of aliphatic hydroxyl groups excluding tert-OH is 1. The zero-order valence-electron chi connectivity index (χ0n) is 17.7. The van der Waals surface area contributed by atoms with E-state index in [1.54, 1.807) is 0 Å². The van der Waals surface area contributed by atoms with Crippen molar-refractivity contribution in [2.75, 3.05) is 24.6 Å². The van der Waals surface area contributed by atoms with Gasteiger partial charge in [-0.3, -0.25) is 5.10 Å². The average molecular weight is 534 g/mol. The molecule has 5 rings (SSSR count). The second-order valence-electron chi connectivity index (χ2n) is 8.70. The number of alkyl halides is 1. The summed E-state index contributed by atoms with van der Waals surface area (Å²) in [7, 11) is 0. The molecule has 2 fully saturated rings. The lowest BCUT2D eigenvalue weighted by Gasteiger charge is -2.41.